The summed E-state index contributed by atoms with van der Waals surface area (Å²) in [5, 5.41) is 3.12. The van der Waals surface area contributed by atoms with E-state index in [1.165, 1.54) is 23.9 Å². The number of aliphatic imine (C=N–C) groups is 1. The van der Waals surface area contributed by atoms with Crippen molar-refractivity contribution >= 4 is 34.6 Å². The molecular formula is C15H11FN2O2S. The van der Waals surface area contributed by atoms with Gasteiger partial charge in [-0.2, -0.15) is 0 Å². The summed E-state index contributed by atoms with van der Waals surface area (Å²) in [5.74, 6) is 0.851. The molecule has 2 aromatic rings. The molecule has 2 heterocycles. The minimum atomic E-state index is -0.323. The lowest BCUT2D eigenvalue weighted by atomic mass is 10.3. The first-order valence-electron chi connectivity index (χ1n) is 6.22. The summed E-state index contributed by atoms with van der Waals surface area (Å²) < 4.78 is 18.2. The summed E-state index contributed by atoms with van der Waals surface area (Å²) in [4.78, 5) is 16.6. The molecule has 1 aromatic heterocycles. The van der Waals surface area contributed by atoms with Crippen molar-refractivity contribution < 1.29 is 13.6 Å². The topological polar surface area (TPSA) is 54.6 Å². The molecule has 1 fully saturated rings. The number of halogens is 1. The van der Waals surface area contributed by atoms with Crippen LogP contribution in [-0.2, 0) is 4.79 Å². The number of amidine groups is 1. The Labute approximate surface area is 124 Å². The first-order valence-corrected chi connectivity index (χ1v) is 7.03. The van der Waals surface area contributed by atoms with E-state index in [0.29, 0.717) is 21.5 Å². The zero-order valence-corrected chi connectivity index (χ0v) is 11.9. The van der Waals surface area contributed by atoms with Crippen LogP contribution in [0.3, 0.4) is 0 Å². The van der Waals surface area contributed by atoms with E-state index in [4.69, 9.17) is 4.42 Å². The maximum Gasteiger partial charge on any atom is 0.264 e. The van der Waals surface area contributed by atoms with Crippen LogP contribution in [0.1, 0.15) is 11.5 Å². The average molecular weight is 302 g/mol. The summed E-state index contributed by atoms with van der Waals surface area (Å²) in [6, 6.07) is 9.37. The molecule has 0 unspecified atom stereocenters. The van der Waals surface area contributed by atoms with Crippen molar-refractivity contribution in [1.82, 2.24) is 5.32 Å². The van der Waals surface area contributed by atoms with Gasteiger partial charge in [0.05, 0.1) is 10.6 Å². The molecule has 1 aliphatic heterocycles. The number of thioether (sulfide) groups is 1. The molecular weight excluding hydrogens is 291 g/mol. The maximum absolute atomic E-state index is 12.8. The lowest BCUT2D eigenvalue weighted by Gasteiger charge is -1.95. The van der Waals surface area contributed by atoms with Gasteiger partial charge in [-0.3, -0.25) is 4.79 Å². The van der Waals surface area contributed by atoms with Gasteiger partial charge in [0.25, 0.3) is 5.91 Å². The van der Waals surface area contributed by atoms with Gasteiger partial charge in [0.1, 0.15) is 17.3 Å². The quantitative estimate of drug-likeness (QED) is 0.862. The summed E-state index contributed by atoms with van der Waals surface area (Å²) in [6.07, 6.45) is 1.67. The van der Waals surface area contributed by atoms with Crippen molar-refractivity contribution in [2.45, 2.75) is 6.92 Å². The summed E-state index contributed by atoms with van der Waals surface area (Å²) >= 11 is 1.22. The van der Waals surface area contributed by atoms with Crippen LogP contribution in [0.5, 0.6) is 0 Å². The molecule has 21 heavy (non-hydrogen) atoms. The van der Waals surface area contributed by atoms with E-state index < -0.39 is 0 Å². The Hall–Kier alpha value is -2.34. The molecule has 1 N–H and O–H groups in total. The number of benzene rings is 1. The molecule has 1 amide bonds. The molecule has 1 saturated heterocycles. The van der Waals surface area contributed by atoms with Crippen molar-refractivity contribution in [2.75, 3.05) is 0 Å². The van der Waals surface area contributed by atoms with Gasteiger partial charge in [-0.1, -0.05) is 0 Å². The largest absolute Gasteiger partial charge is 0.462 e. The van der Waals surface area contributed by atoms with E-state index in [2.05, 4.69) is 10.3 Å². The fourth-order valence-corrected chi connectivity index (χ4v) is 2.60. The lowest BCUT2D eigenvalue weighted by Crippen LogP contribution is -2.19. The Morgan fingerprint density at radius 2 is 2.00 bits per heavy atom. The maximum atomic E-state index is 12.8. The third-order valence-corrected chi connectivity index (χ3v) is 3.65. The SMILES string of the molecule is Cc1ccc(/C=C2/SC(=Nc3ccc(F)cc3)NC2=O)o1. The molecule has 6 heteroatoms. The molecule has 3 rings (SSSR count). The normalized spacial score (nSPS) is 18.5. The predicted molar refractivity (Wildman–Crippen MR) is 80.7 cm³/mol. The zero-order valence-electron chi connectivity index (χ0n) is 11.1. The number of hydrogen-bond acceptors (Lipinski definition) is 4. The number of nitrogens with zero attached hydrogens (tertiary/aromatic N) is 1. The molecule has 0 saturated carbocycles. The van der Waals surface area contributed by atoms with Gasteiger partial charge in [-0.05, 0) is 55.1 Å². The minimum Gasteiger partial charge on any atom is -0.462 e. The smallest absolute Gasteiger partial charge is 0.264 e. The molecule has 0 radical (unpaired) electrons. The van der Waals surface area contributed by atoms with Gasteiger partial charge in [-0.25, -0.2) is 9.38 Å². The van der Waals surface area contributed by atoms with Crippen LogP contribution in [0.2, 0.25) is 0 Å². The highest BCUT2D eigenvalue weighted by Gasteiger charge is 2.24. The number of carbonyl (C=O) groups excluding carboxylic acids is 1. The van der Waals surface area contributed by atoms with Crippen molar-refractivity contribution in [1.29, 1.82) is 0 Å². The van der Waals surface area contributed by atoms with Crippen molar-refractivity contribution in [3.05, 3.63) is 58.6 Å². The van der Waals surface area contributed by atoms with Gasteiger partial charge in [0, 0.05) is 6.08 Å². The fraction of sp³-hybridized carbons (Fsp3) is 0.0667. The molecule has 0 spiro atoms. The van der Waals surface area contributed by atoms with Gasteiger partial charge in [0.15, 0.2) is 5.17 Å². The third kappa shape index (κ3) is 3.22. The highest BCUT2D eigenvalue weighted by atomic mass is 32.2. The van der Waals surface area contributed by atoms with E-state index in [1.54, 1.807) is 24.3 Å². The number of rotatable bonds is 2. The molecule has 0 bridgehead atoms. The predicted octanol–water partition coefficient (Wildman–Crippen LogP) is 3.62. The van der Waals surface area contributed by atoms with Gasteiger partial charge >= 0.3 is 0 Å². The van der Waals surface area contributed by atoms with Gasteiger partial charge in [0.2, 0.25) is 0 Å². The van der Waals surface area contributed by atoms with Crippen LogP contribution < -0.4 is 5.32 Å². The fourth-order valence-electron chi connectivity index (χ4n) is 1.77. The van der Waals surface area contributed by atoms with E-state index in [-0.39, 0.29) is 11.7 Å². The van der Waals surface area contributed by atoms with Crippen LogP contribution in [0, 0.1) is 12.7 Å². The van der Waals surface area contributed by atoms with Crippen LogP contribution in [-0.4, -0.2) is 11.1 Å². The van der Waals surface area contributed by atoms with Crippen LogP contribution >= 0.6 is 11.8 Å². The van der Waals surface area contributed by atoms with E-state index in [0.717, 1.165) is 5.76 Å². The van der Waals surface area contributed by atoms with E-state index >= 15 is 0 Å². The number of aryl methyl sites for hydroxylation is 1. The number of nitrogens with one attached hydrogen (secondary N) is 1. The molecule has 4 nitrogen and oxygen atoms in total. The standard InChI is InChI=1S/C15H11FN2O2S/c1-9-2-7-12(20-9)8-13-14(19)18-15(21-13)17-11-5-3-10(16)4-6-11/h2-8H,1H3,(H,17,18,19)/b13-8+. The first kappa shape index (κ1) is 13.6. The third-order valence-electron chi connectivity index (χ3n) is 2.74. The molecule has 1 aliphatic rings. The zero-order chi connectivity index (χ0) is 14.8. The number of carbonyl (C=O) groups is 1. The highest BCUT2D eigenvalue weighted by Crippen LogP contribution is 2.28. The van der Waals surface area contributed by atoms with Crippen molar-refractivity contribution in [3.63, 3.8) is 0 Å². The lowest BCUT2D eigenvalue weighted by molar-refractivity contribution is -0.115. The Bertz CT molecular complexity index is 747. The number of furan rings is 1. The molecule has 106 valence electrons. The number of amides is 1. The molecule has 1 aromatic carbocycles. The second-order valence-corrected chi connectivity index (χ2v) is 5.44. The summed E-state index contributed by atoms with van der Waals surface area (Å²) in [7, 11) is 0. The van der Waals surface area contributed by atoms with Crippen LogP contribution in [0.25, 0.3) is 6.08 Å². The summed E-state index contributed by atoms with van der Waals surface area (Å²) in [5.41, 5.74) is 0.578. The number of hydrogen-bond donors (Lipinski definition) is 1. The monoisotopic (exact) mass is 302 g/mol. The highest BCUT2D eigenvalue weighted by molar-refractivity contribution is 8.18. The second-order valence-electron chi connectivity index (χ2n) is 4.41. The Kier molecular flexibility index (Phi) is 3.62. The summed E-state index contributed by atoms with van der Waals surface area (Å²) in [6.45, 7) is 1.84. The van der Waals surface area contributed by atoms with Gasteiger partial charge < -0.3 is 9.73 Å². The molecule has 0 aliphatic carbocycles. The van der Waals surface area contributed by atoms with Gasteiger partial charge in [-0.15, -0.1) is 0 Å². The second kappa shape index (κ2) is 5.57. The van der Waals surface area contributed by atoms with Crippen molar-refractivity contribution in [2.24, 2.45) is 4.99 Å². The average Bonchev–Trinajstić information content (AvgIpc) is 3.00. The van der Waals surface area contributed by atoms with Crippen LogP contribution in [0.15, 0.2) is 50.7 Å². The Morgan fingerprint density at radius 1 is 1.24 bits per heavy atom. The van der Waals surface area contributed by atoms with Crippen molar-refractivity contribution in [3.8, 4) is 0 Å². The molecule has 0 atom stereocenters. The Morgan fingerprint density at radius 3 is 2.67 bits per heavy atom. The Balaban J connectivity index is 1.81. The van der Waals surface area contributed by atoms with Crippen LogP contribution in [0.4, 0.5) is 10.1 Å². The minimum absolute atomic E-state index is 0.227. The first-order chi connectivity index (χ1) is 10.1. The van der Waals surface area contributed by atoms with E-state index in [1.807, 2.05) is 13.0 Å². The van der Waals surface area contributed by atoms with E-state index in [9.17, 15) is 9.18 Å².